The monoisotopic (exact) mass is 281 g/mol. The van der Waals surface area contributed by atoms with Gasteiger partial charge in [0.1, 0.15) is 5.69 Å². The molecule has 1 heterocycles. The largest absolute Gasteiger partial charge is 0.311 e. The Hall–Kier alpha value is -1.99. The number of nitrogens with zero attached hydrogens (tertiary/aromatic N) is 4. The van der Waals surface area contributed by atoms with Crippen LogP contribution in [0.15, 0.2) is 24.4 Å². The van der Waals surface area contributed by atoms with Crippen LogP contribution in [0, 0.1) is 10.1 Å². The maximum absolute atomic E-state index is 11.0. The summed E-state index contributed by atoms with van der Waals surface area (Å²) in [5.41, 5.74) is 0.947. The normalized spacial score (nSPS) is 10.6. The Bertz CT molecular complexity index is 599. The smallest absolute Gasteiger partial charge is 0.296 e. The maximum Gasteiger partial charge on any atom is 0.296 e. The van der Waals surface area contributed by atoms with E-state index >= 15 is 0 Å². The van der Waals surface area contributed by atoms with Gasteiger partial charge >= 0.3 is 0 Å². The molecule has 0 radical (unpaired) electrons. The van der Waals surface area contributed by atoms with Crippen LogP contribution in [0.2, 0.25) is 5.02 Å². The molecule has 0 saturated carbocycles. The van der Waals surface area contributed by atoms with Gasteiger partial charge in [-0.05, 0) is 18.7 Å². The number of nitrogens with one attached hydrogen (secondary N) is 1. The molecule has 8 heteroatoms. The van der Waals surface area contributed by atoms with Crippen molar-refractivity contribution in [1.82, 2.24) is 20.3 Å². The van der Waals surface area contributed by atoms with Crippen LogP contribution in [-0.4, -0.2) is 26.5 Å². The first-order valence-electron chi connectivity index (χ1n) is 5.68. The molecule has 0 aliphatic heterocycles. The zero-order valence-corrected chi connectivity index (χ0v) is 11.0. The predicted octanol–water partition coefficient (Wildman–Crippen LogP) is 1.94. The molecule has 0 aliphatic rings. The Morgan fingerprint density at radius 1 is 1.53 bits per heavy atom. The molecule has 0 atom stereocenters. The summed E-state index contributed by atoms with van der Waals surface area (Å²) in [5.74, 6) is 0. The van der Waals surface area contributed by atoms with Crippen molar-refractivity contribution in [3.05, 3.63) is 45.2 Å². The number of hydrogen-bond acceptors (Lipinski definition) is 5. The molecule has 100 valence electrons. The number of halogens is 1. The van der Waals surface area contributed by atoms with Gasteiger partial charge in [0, 0.05) is 17.6 Å². The maximum atomic E-state index is 11.0. The fourth-order valence-electron chi connectivity index (χ4n) is 1.59. The summed E-state index contributed by atoms with van der Waals surface area (Å²) in [4.78, 5) is 10.5. The summed E-state index contributed by atoms with van der Waals surface area (Å²) in [6, 6.07) is 4.42. The number of nitro groups is 1. The molecule has 0 bridgehead atoms. The minimum atomic E-state index is -0.493. The van der Waals surface area contributed by atoms with E-state index in [0.29, 0.717) is 22.9 Å². The fraction of sp³-hybridized carbons (Fsp3) is 0.273. The lowest BCUT2D eigenvalue weighted by atomic mass is 10.2. The lowest BCUT2D eigenvalue weighted by Crippen LogP contribution is -2.11. The first-order valence-corrected chi connectivity index (χ1v) is 6.06. The molecule has 0 saturated heterocycles. The van der Waals surface area contributed by atoms with E-state index in [-0.39, 0.29) is 5.69 Å². The average molecular weight is 282 g/mol. The lowest BCUT2D eigenvalue weighted by molar-refractivity contribution is -0.384. The van der Waals surface area contributed by atoms with Gasteiger partial charge in [0.05, 0.1) is 16.8 Å². The van der Waals surface area contributed by atoms with Crippen LogP contribution in [0.3, 0.4) is 0 Å². The first kappa shape index (κ1) is 13.4. The summed E-state index contributed by atoms with van der Waals surface area (Å²) in [6.45, 7) is 3.36. The zero-order chi connectivity index (χ0) is 13.8. The van der Waals surface area contributed by atoms with Gasteiger partial charge in [-0.3, -0.25) is 10.1 Å². The van der Waals surface area contributed by atoms with Crippen LogP contribution in [0.5, 0.6) is 0 Å². The highest BCUT2D eigenvalue weighted by Crippen LogP contribution is 2.25. The van der Waals surface area contributed by atoms with Crippen molar-refractivity contribution in [3.8, 4) is 5.69 Å². The SMILES string of the molecule is CCNCc1cn(-c2ccc(Cl)cc2[N+](=O)[O-])nn1. The van der Waals surface area contributed by atoms with Gasteiger partial charge in [0.25, 0.3) is 5.69 Å². The molecule has 19 heavy (non-hydrogen) atoms. The molecule has 7 nitrogen and oxygen atoms in total. The molecule has 0 amide bonds. The summed E-state index contributed by atoms with van der Waals surface area (Å²) in [7, 11) is 0. The van der Waals surface area contributed by atoms with Gasteiger partial charge in [-0.1, -0.05) is 23.7 Å². The van der Waals surface area contributed by atoms with Crippen molar-refractivity contribution < 1.29 is 4.92 Å². The third-order valence-corrected chi connectivity index (χ3v) is 2.71. The molecular weight excluding hydrogens is 270 g/mol. The summed E-state index contributed by atoms with van der Waals surface area (Å²) in [6.07, 6.45) is 1.65. The summed E-state index contributed by atoms with van der Waals surface area (Å²) in [5, 5.41) is 22.3. The molecular formula is C11H12ClN5O2. The predicted molar refractivity (Wildman–Crippen MR) is 70.4 cm³/mol. The van der Waals surface area contributed by atoms with Gasteiger partial charge in [0.15, 0.2) is 0 Å². The molecule has 0 unspecified atom stereocenters. The standard InChI is InChI=1S/C11H12ClN5O2/c1-2-13-6-9-7-16(15-14-9)10-4-3-8(12)5-11(10)17(18)19/h3-5,7,13H,2,6H2,1H3. The molecule has 2 aromatic rings. The van der Waals surface area contributed by atoms with E-state index in [1.165, 1.54) is 10.7 Å². The van der Waals surface area contributed by atoms with E-state index in [2.05, 4.69) is 15.6 Å². The third kappa shape index (κ3) is 3.07. The van der Waals surface area contributed by atoms with E-state index in [1.54, 1.807) is 18.3 Å². The number of benzene rings is 1. The van der Waals surface area contributed by atoms with E-state index in [9.17, 15) is 10.1 Å². The molecule has 1 aromatic carbocycles. The number of rotatable bonds is 5. The highest BCUT2D eigenvalue weighted by molar-refractivity contribution is 6.30. The Morgan fingerprint density at radius 2 is 2.32 bits per heavy atom. The van der Waals surface area contributed by atoms with Crippen LogP contribution in [0.25, 0.3) is 5.69 Å². The van der Waals surface area contributed by atoms with Gasteiger partial charge in [-0.2, -0.15) is 0 Å². The summed E-state index contributed by atoms with van der Waals surface area (Å²) >= 11 is 5.76. The minimum absolute atomic E-state index is 0.104. The number of nitro benzene ring substituents is 1. The fourth-order valence-corrected chi connectivity index (χ4v) is 1.75. The van der Waals surface area contributed by atoms with E-state index in [1.807, 2.05) is 6.92 Å². The van der Waals surface area contributed by atoms with Crippen molar-refractivity contribution in [1.29, 1.82) is 0 Å². The first-order chi connectivity index (χ1) is 9.11. The van der Waals surface area contributed by atoms with Crippen molar-refractivity contribution in [2.45, 2.75) is 13.5 Å². The van der Waals surface area contributed by atoms with Gasteiger partial charge in [-0.25, -0.2) is 4.68 Å². The van der Waals surface area contributed by atoms with Crippen LogP contribution in [0.4, 0.5) is 5.69 Å². The second-order valence-corrected chi connectivity index (χ2v) is 4.26. The highest BCUT2D eigenvalue weighted by atomic mass is 35.5. The number of hydrogen-bond donors (Lipinski definition) is 1. The third-order valence-electron chi connectivity index (χ3n) is 2.48. The van der Waals surface area contributed by atoms with Crippen LogP contribution >= 0.6 is 11.6 Å². The minimum Gasteiger partial charge on any atom is -0.311 e. The molecule has 0 spiro atoms. The van der Waals surface area contributed by atoms with E-state index in [4.69, 9.17) is 11.6 Å². The van der Waals surface area contributed by atoms with Crippen LogP contribution in [-0.2, 0) is 6.54 Å². The molecule has 0 aliphatic carbocycles. The van der Waals surface area contributed by atoms with Crippen LogP contribution in [0.1, 0.15) is 12.6 Å². The van der Waals surface area contributed by atoms with Crippen molar-refractivity contribution >= 4 is 17.3 Å². The van der Waals surface area contributed by atoms with E-state index in [0.717, 1.165) is 6.54 Å². The van der Waals surface area contributed by atoms with Crippen molar-refractivity contribution in [2.24, 2.45) is 0 Å². The van der Waals surface area contributed by atoms with Gasteiger partial charge in [-0.15, -0.1) is 5.10 Å². The average Bonchev–Trinajstić information content (AvgIpc) is 2.84. The quantitative estimate of drug-likeness (QED) is 0.668. The Kier molecular flexibility index (Phi) is 4.08. The van der Waals surface area contributed by atoms with Gasteiger partial charge in [0.2, 0.25) is 0 Å². The second kappa shape index (κ2) is 5.77. The van der Waals surface area contributed by atoms with Gasteiger partial charge < -0.3 is 5.32 Å². The van der Waals surface area contributed by atoms with Crippen LogP contribution < -0.4 is 5.32 Å². The van der Waals surface area contributed by atoms with Crippen molar-refractivity contribution in [2.75, 3.05) is 6.54 Å². The Morgan fingerprint density at radius 3 is 3.00 bits per heavy atom. The highest BCUT2D eigenvalue weighted by Gasteiger charge is 2.17. The topological polar surface area (TPSA) is 85.9 Å². The van der Waals surface area contributed by atoms with Crippen molar-refractivity contribution in [3.63, 3.8) is 0 Å². The lowest BCUT2D eigenvalue weighted by Gasteiger charge is -2.02. The Labute approximate surface area is 114 Å². The molecule has 1 N–H and O–H groups in total. The molecule has 0 fully saturated rings. The number of aromatic nitrogens is 3. The Balaban J connectivity index is 2.36. The molecule has 1 aromatic heterocycles. The molecule has 2 rings (SSSR count). The van der Waals surface area contributed by atoms with E-state index < -0.39 is 4.92 Å². The second-order valence-electron chi connectivity index (χ2n) is 3.82. The summed E-state index contributed by atoms with van der Waals surface area (Å²) < 4.78 is 1.38. The zero-order valence-electron chi connectivity index (χ0n) is 10.2.